The fourth-order valence-electron chi connectivity index (χ4n) is 1.68. The lowest BCUT2D eigenvalue weighted by Crippen LogP contribution is -2.05. The lowest BCUT2D eigenvalue weighted by molar-refractivity contribution is -0.0497. The summed E-state index contributed by atoms with van der Waals surface area (Å²) in [7, 11) is 0. The molecule has 0 atom stereocenters. The van der Waals surface area contributed by atoms with Gasteiger partial charge >= 0.3 is 6.61 Å². The third kappa shape index (κ3) is 4.01. The van der Waals surface area contributed by atoms with E-state index in [2.05, 4.69) is 10.1 Å². The Hall–Kier alpha value is -1.95. The third-order valence-electron chi connectivity index (χ3n) is 2.66. The van der Waals surface area contributed by atoms with E-state index in [1.807, 2.05) is 0 Å². The maximum absolute atomic E-state index is 13.4. The number of halogens is 5. The summed E-state index contributed by atoms with van der Waals surface area (Å²) < 4.78 is 54.8. The van der Waals surface area contributed by atoms with Gasteiger partial charge in [0.25, 0.3) is 0 Å². The van der Waals surface area contributed by atoms with Gasteiger partial charge in [-0.05, 0) is 24.3 Å². The van der Waals surface area contributed by atoms with Crippen LogP contribution in [0.15, 0.2) is 36.4 Å². The minimum atomic E-state index is -2.97. The van der Waals surface area contributed by atoms with Gasteiger partial charge in [-0.1, -0.05) is 23.7 Å². The summed E-state index contributed by atoms with van der Waals surface area (Å²) in [6.45, 7) is -2.95. The van der Waals surface area contributed by atoms with Gasteiger partial charge in [0.05, 0.1) is 5.02 Å². The van der Waals surface area contributed by atoms with Crippen molar-refractivity contribution in [2.24, 2.45) is 0 Å². The average Bonchev–Trinajstić information content (AvgIpc) is 2.43. The number of anilines is 1. The van der Waals surface area contributed by atoms with Gasteiger partial charge in [-0.2, -0.15) is 8.78 Å². The van der Waals surface area contributed by atoms with Crippen molar-refractivity contribution in [1.82, 2.24) is 0 Å². The van der Waals surface area contributed by atoms with Crippen LogP contribution in [0.2, 0.25) is 5.02 Å². The first kappa shape index (κ1) is 15.4. The van der Waals surface area contributed by atoms with E-state index >= 15 is 0 Å². The van der Waals surface area contributed by atoms with Crippen LogP contribution < -0.4 is 10.1 Å². The zero-order valence-corrected chi connectivity index (χ0v) is 11.3. The monoisotopic (exact) mass is 319 g/mol. The highest BCUT2D eigenvalue weighted by atomic mass is 35.5. The Morgan fingerprint density at radius 2 is 1.90 bits per heavy atom. The van der Waals surface area contributed by atoms with Gasteiger partial charge in [0.2, 0.25) is 0 Å². The average molecular weight is 320 g/mol. The fourth-order valence-corrected chi connectivity index (χ4v) is 1.91. The second-order valence-electron chi connectivity index (χ2n) is 4.09. The molecule has 0 aromatic heterocycles. The number of nitrogens with one attached hydrogen (secondary N) is 1. The summed E-state index contributed by atoms with van der Waals surface area (Å²) in [4.78, 5) is 0. The molecule has 2 aromatic carbocycles. The molecular formula is C14H10ClF4NO. The lowest BCUT2D eigenvalue weighted by atomic mass is 10.2. The molecule has 21 heavy (non-hydrogen) atoms. The number of benzene rings is 2. The molecule has 2 nitrogen and oxygen atoms in total. The molecule has 0 aliphatic carbocycles. The molecule has 0 unspecified atom stereocenters. The molecule has 0 radical (unpaired) electrons. The second kappa shape index (κ2) is 6.67. The number of ether oxygens (including phenoxy) is 1. The van der Waals surface area contributed by atoms with E-state index in [1.165, 1.54) is 30.3 Å². The summed E-state index contributed by atoms with van der Waals surface area (Å²) in [5.74, 6) is -2.03. The van der Waals surface area contributed by atoms with Gasteiger partial charge in [-0.25, -0.2) is 8.78 Å². The second-order valence-corrected chi connectivity index (χ2v) is 4.50. The standard InChI is InChI=1S/C14H10ClF4NO/c15-10-6-9(4-5-12(10)21-14(18)19)20-7-8-2-1-3-11(16)13(8)17/h1-6,14,20H,7H2. The van der Waals surface area contributed by atoms with E-state index in [0.29, 0.717) is 5.69 Å². The normalized spacial score (nSPS) is 10.8. The molecule has 0 fully saturated rings. The molecule has 0 aliphatic rings. The quantitative estimate of drug-likeness (QED) is 0.797. The molecule has 7 heteroatoms. The predicted molar refractivity (Wildman–Crippen MR) is 71.8 cm³/mol. The van der Waals surface area contributed by atoms with Crippen LogP contribution in [-0.4, -0.2) is 6.61 Å². The molecule has 0 saturated heterocycles. The van der Waals surface area contributed by atoms with E-state index in [0.717, 1.165) is 6.07 Å². The predicted octanol–water partition coefficient (Wildman–Crippen LogP) is 4.83. The molecule has 0 heterocycles. The van der Waals surface area contributed by atoms with Crippen molar-refractivity contribution < 1.29 is 22.3 Å². The number of hydrogen-bond donors (Lipinski definition) is 1. The molecule has 0 amide bonds. The van der Waals surface area contributed by atoms with Gasteiger partial charge in [0.1, 0.15) is 5.75 Å². The summed E-state index contributed by atoms with van der Waals surface area (Å²) >= 11 is 5.78. The van der Waals surface area contributed by atoms with E-state index in [9.17, 15) is 17.6 Å². The smallest absolute Gasteiger partial charge is 0.387 e. The Balaban J connectivity index is 2.07. The van der Waals surface area contributed by atoms with Crippen molar-refractivity contribution in [3.05, 3.63) is 58.6 Å². The van der Waals surface area contributed by atoms with E-state index in [-0.39, 0.29) is 22.9 Å². The van der Waals surface area contributed by atoms with Crippen LogP contribution in [0.4, 0.5) is 23.2 Å². The first-order valence-corrected chi connectivity index (χ1v) is 6.26. The molecule has 112 valence electrons. The number of rotatable bonds is 5. The molecule has 0 aliphatic heterocycles. The minimum absolute atomic E-state index is 0.0139. The number of alkyl halides is 2. The maximum atomic E-state index is 13.4. The fraction of sp³-hybridized carbons (Fsp3) is 0.143. The molecule has 2 rings (SSSR count). The Labute approximate surface area is 123 Å². The maximum Gasteiger partial charge on any atom is 0.387 e. The van der Waals surface area contributed by atoms with Crippen molar-refractivity contribution in [3.63, 3.8) is 0 Å². The molecule has 0 bridgehead atoms. The Bertz CT molecular complexity index is 636. The van der Waals surface area contributed by atoms with Gasteiger partial charge in [0, 0.05) is 17.8 Å². The molecule has 2 aromatic rings. The SMILES string of the molecule is Fc1cccc(CNc2ccc(OC(F)F)c(Cl)c2)c1F. The zero-order chi connectivity index (χ0) is 15.4. The molecule has 1 N–H and O–H groups in total. The minimum Gasteiger partial charge on any atom is -0.433 e. The van der Waals surface area contributed by atoms with Crippen molar-refractivity contribution in [2.45, 2.75) is 13.2 Å². The Morgan fingerprint density at radius 1 is 1.14 bits per heavy atom. The van der Waals surface area contributed by atoms with E-state index in [4.69, 9.17) is 11.6 Å². The van der Waals surface area contributed by atoms with Gasteiger partial charge in [-0.3, -0.25) is 0 Å². The highest BCUT2D eigenvalue weighted by Gasteiger charge is 2.10. The molecule has 0 spiro atoms. The Morgan fingerprint density at radius 3 is 2.57 bits per heavy atom. The largest absolute Gasteiger partial charge is 0.433 e. The van der Waals surface area contributed by atoms with Crippen molar-refractivity contribution in [2.75, 3.05) is 5.32 Å². The summed E-state index contributed by atoms with van der Waals surface area (Å²) in [5, 5.41) is 2.80. The van der Waals surface area contributed by atoms with E-state index < -0.39 is 18.2 Å². The topological polar surface area (TPSA) is 21.3 Å². The summed E-state index contributed by atoms with van der Waals surface area (Å²) in [6, 6.07) is 7.91. The van der Waals surface area contributed by atoms with Crippen LogP contribution >= 0.6 is 11.6 Å². The van der Waals surface area contributed by atoms with Gasteiger partial charge < -0.3 is 10.1 Å². The summed E-state index contributed by atoms with van der Waals surface area (Å²) in [6.07, 6.45) is 0. The van der Waals surface area contributed by atoms with Crippen LogP contribution in [0, 0.1) is 11.6 Å². The summed E-state index contributed by atoms with van der Waals surface area (Å²) in [5.41, 5.74) is 0.601. The zero-order valence-electron chi connectivity index (χ0n) is 10.5. The van der Waals surface area contributed by atoms with Crippen molar-refractivity contribution >= 4 is 17.3 Å². The van der Waals surface area contributed by atoms with Crippen molar-refractivity contribution in [1.29, 1.82) is 0 Å². The van der Waals surface area contributed by atoms with Gasteiger partial charge in [-0.15, -0.1) is 0 Å². The van der Waals surface area contributed by atoms with Crippen LogP contribution in [0.25, 0.3) is 0 Å². The number of hydrogen-bond acceptors (Lipinski definition) is 2. The third-order valence-corrected chi connectivity index (χ3v) is 2.96. The van der Waals surface area contributed by atoms with Crippen molar-refractivity contribution in [3.8, 4) is 5.75 Å². The molecular weight excluding hydrogens is 310 g/mol. The van der Waals surface area contributed by atoms with E-state index in [1.54, 1.807) is 0 Å². The highest BCUT2D eigenvalue weighted by Crippen LogP contribution is 2.29. The molecule has 0 saturated carbocycles. The van der Waals surface area contributed by atoms with Crippen LogP contribution in [0.5, 0.6) is 5.75 Å². The first-order chi connectivity index (χ1) is 9.97. The first-order valence-electron chi connectivity index (χ1n) is 5.88. The van der Waals surface area contributed by atoms with Gasteiger partial charge in [0.15, 0.2) is 11.6 Å². The van der Waals surface area contributed by atoms with Crippen LogP contribution in [-0.2, 0) is 6.54 Å². The van der Waals surface area contributed by atoms with Crippen LogP contribution in [0.3, 0.4) is 0 Å². The lowest BCUT2D eigenvalue weighted by Gasteiger charge is -2.11. The van der Waals surface area contributed by atoms with Crippen LogP contribution in [0.1, 0.15) is 5.56 Å². The highest BCUT2D eigenvalue weighted by molar-refractivity contribution is 6.32. The Kier molecular flexibility index (Phi) is 4.90.